The molecule has 0 bridgehead atoms. The largest absolute Gasteiger partial charge is 0.352 e. The number of amides is 1. The summed E-state index contributed by atoms with van der Waals surface area (Å²) in [6.07, 6.45) is 2.09. The molecule has 0 aromatic heterocycles. The molecule has 2 N–H and O–H groups in total. The van der Waals surface area contributed by atoms with Gasteiger partial charge in [0, 0.05) is 6.04 Å². The second-order valence-electron chi connectivity index (χ2n) is 5.25. The van der Waals surface area contributed by atoms with Gasteiger partial charge in [-0.3, -0.25) is 4.79 Å². The molecule has 0 saturated carbocycles. The summed E-state index contributed by atoms with van der Waals surface area (Å²) in [5, 5.41) is 6.26. The molecule has 1 aliphatic rings. The molecule has 1 heterocycles. The minimum absolute atomic E-state index is 0.0415. The first-order valence-electron chi connectivity index (χ1n) is 5.45. The quantitative estimate of drug-likeness (QED) is 0.702. The Hall–Kier alpha value is -0.570. The van der Waals surface area contributed by atoms with Gasteiger partial charge in [-0.25, -0.2) is 0 Å². The van der Waals surface area contributed by atoms with Gasteiger partial charge in [-0.05, 0) is 31.7 Å². The third-order valence-corrected chi connectivity index (χ3v) is 3.03. The summed E-state index contributed by atoms with van der Waals surface area (Å²) in [5.41, 5.74) is 0.133. The van der Waals surface area contributed by atoms with E-state index in [9.17, 15) is 4.79 Å². The highest BCUT2D eigenvalue weighted by atomic mass is 16.2. The molecule has 3 nitrogen and oxygen atoms in total. The minimum Gasteiger partial charge on any atom is -0.352 e. The van der Waals surface area contributed by atoms with E-state index in [1.54, 1.807) is 0 Å². The van der Waals surface area contributed by atoms with Gasteiger partial charge in [-0.2, -0.15) is 0 Å². The average molecular weight is 198 g/mol. The van der Waals surface area contributed by atoms with Crippen LogP contribution in [0, 0.1) is 5.41 Å². The van der Waals surface area contributed by atoms with Crippen molar-refractivity contribution >= 4 is 5.91 Å². The molecule has 1 saturated heterocycles. The van der Waals surface area contributed by atoms with Gasteiger partial charge >= 0.3 is 0 Å². The fourth-order valence-electron chi connectivity index (χ4n) is 1.44. The Labute approximate surface area is 86.6 Å². The molecule has 1 fully saturated rings. The molecule has 1 rings (SSSR count). The number of rotatable bonds is 2. The molecule has 2 atom stereocenters. The van der Waals surface area contributed by atoms with E-state index in [-0.39, 0.29) is 23.4 Å². The lowest BCUT2D eigenvalue weighted by atomic mass is 9.88. The van der Waals surface area contributed by atoms with E-state index in [2.05, 4.69) is 38.3 Å². The highest BCUT2D eigenvalue weighted by molar-refractivity contribution is 5.82. The zero-order valence-corrected chi connectivity index (χ0v) is 9.68. The fourth-order valence-corrected chi connectivity index (χ4v) is 1.44. The zero-order valence-electron chi connectivity index (χ0n) is 9.68. The molecular weight excluding hydrogens is 176 g/mol. The van der Waals surface area contributed by atoms with Crippen molar-refractivity contribution in [3.63, 3.8) is 0 Å². The van der Waals surface area contributed by atoms with Crippen LogP contribution in [0.15, 0.2) is 0 Å². The number of carbonyl (C=O) groups is 1. The standard InChI is InChI=1S/C11H22N2O/c1-8(11(2,3)4)13-10(14)9-6-5-7-12-9/h8-9,12H,5-7H2,1-4H3,(H,13,14)/t8?,9-/m0/s1. The minimum atomic E-state index is 0.0415. The lowest BCUT2D eigenvalue weighted by Gasteiger charge is -2.29. The van der Waals surface area contributed by atoms with E-state index in [1.807, 2.05) is 0 Å². The van der Waals surface area contributed by atoms with Crippen LogP contribution in [-0.2, 0) is 4.79 Å². The van der Waals surface area contributed by atoms with Crippen molar-refractivity contribution in [1.29, 1.82) is 0 Å². The van der Waals surface area contributed by atoms with Crippen molar-refractivity contribution in [2.75, 3.05) is 6.54 Å². The van der Waals surface area contributed by atoms with Crippen molar-refractivity contribution in [1.82, 2.24) is 10.6 Å². The predicted octanol–water partition coefficient (Wildman–Crippen LogP) is 1.29. The smallest absolute Gasteiger partial charge is 0.237 e. The number of hydrogen-bond donors (Lipinski definition) is 2. The summed E-state index contributed by atoms with van der Waals surface area (Å²) < 4.78 is 0. The summed E-state index contributed by atoms with van der Waals surface area (Å²) in [6, 6.07) is 0.261. The Balaban J connectivity index is 2.40. The van der Waals surface area contributed by atoms with Crippen LogP contribution in [0.25, 0.3) is 0 Å². The van der Waals surface area contributed by atoms with Gasteiger partial charge < -0.3 is 10.6 Å². The van der Waals surface area contributed by atoms with Crippen molar-refractivity contribution in [2.24, 2.45) is 5.41 Å². The molecule has 0 radical (unpaired) electrons. The van der Waals surface area contributed by atoms with E-state index in [1.165, 1.54) is 0 Å². The molecule has 0 aliphatic carbocycles. The first kappa shape index (κ1) is 11.5. The van der Waals surface area contributed by atoms with Crippen molar-refractivity contribution in [3.8, 4) is 0 Å². The monoisotopic (exact) mass is 198 g/mol. The average Bonchev–Trinajstić information content (AvgIpc) is 2.53. The first-order chi connectivity index (χ1) is 6.41. The van der Waals surface area contributed by atoms with E-state index in [0.29, 0.717) is 0 Å². The molecule has 0 aromatic carbocycles. The van der Waals surface area contributed by atoms with E-state index in [4.69, 9.17) is 0 Å². The lowest BCUT2D eigenvalue weighted by Crippen LogP contribution is -2.48. The van der Waals surface area contributed by atoms with Crippen LogP contribution < -0.4 is 10.6 Å². The highest BCUT2D eigenvalue weighted by Gasteiger charge is 2.27. The summed E-state index contributed by atoms with van der Waals surface area (Å²) in [7, 11) is 0. The van der Waals surface area contributed by atoms with Crippen LogP contribution in [0.1, 0.15) is 40.5 Å². The summed E-state index contributed by atoms with van der Waals surface area (Å²) >= 11 is 0. The molecule has 3 heteroatoms. The summed E-state index contributed by atoms with van der Waals surface area (Å²) in [4.78, 5) is 11.7. The van der Waals surface area contributed by atoms with E-state index >= 15 is 0 Å². The van der Waals surface area contributed by atoms with Crippen LogP contribution in [0.5, 0.6) is 0 Å². The van der Waals surface area contributed by atoms with Crippen molar-refractivity contribution in [3.05, 3.63) is 0 Å². The maximum atomic E-state index is 11.7. The van der Waals surface area contributed by atoms with Gasteiger partial charge in [-0.1, -0.05) is 20.8 Å². The molecular formula is C11H22N2O. The van der Waals surface area contributed by atoms with Crippen LogP contribution in [0.2, 0.25) is 0 Å². The Morgan fingerprint density at radius 1 is 1.50 bits per heavy atom. The maximum Gasteiger partial charge on any atom is 0.237 e. The number of hydrogen-bond acceptors (Lipinski definition) is 2. The van der Waals surface area contributed by atoms with Gasteiger partial charge in [0.2, 0.25) is 5.91 Å². The second-order valence-corrected chi connectivity index (χ2v) is 5.25. The van der Waals surface area contributed by atoms with E-state index < -0.39 is 0 Å². The predicted molar refractivity (Wildman–Crippen MR) is 58.1 cm³/mol. The number of nitrogens with one attached hydrogen (secondary N) is 2. The summed E-state index contributed by atoms with van der Waals surface area (Å²) in [6.45, 7) is 9.45. The molecule has 1 aliphatic heterocycles. The molecule has 1 unspecified atom stereocenters. The van der Waals surface area contributed by atoms with Gasteiger partial charge in [0.05, 0.1) is 6.04 Å². The SMILES string of the molecule is CC(NC(=O)[C@@H]1CCCN1)C(C)(C)C. The highest BCUT2D eigenvalue weighted by Crippen LogP contribution is 2.18. The lowest BCUT2D eigenvalue weighted by molar-refractivity contribution is -0.124. The topological polar surface area (TPSA) is 41.1 Å². The Morgan fingerprint density at radius 2 is 2.14 bits per heavy atom. The van der Waals surface area contributed by atoms with Crippen molar-refractivity contribution in [2.45, 2.75) is 52.6 Å². The molecule has 82 valence electrons. The normalized spacial score (nSPS) is 24.7. The molecule has 1 amide bonds. The molecule has 0 spiro atoms. The van der Waals surface area contributed by atoms with Crippen LogP contribution in [0.4, 0.5) is 0 Å². The fraction of sp³-hybridized carbons (Fsp3) is 0.909. The van der Waals surface area contributed by atoms with Gasteiger partial charge in [0.1, 0.15) is 0 Å². The van der Waals surface area contributed by atoms with Crippen molar-refractivity contribution < 1.29 is 4.79 Å². The second kappa shape index (κ2) is 4.30. The first-order valence-corrected chi connectivity index (χ1v) is 5.45. The van der Waals surface area contributed by atoms with E-state index in [0.717, 1.165) is 19.4 Å². The maximum absolute atomic E-state index is 11.7. The van der Waals surface area contributed by atoms with Crippen LogP contribution in [-0.4, -0.2) is 24.5 Å². The zero-order chi connectivity index (χ0) is 10.8. The third kappa shape index (κ3) is 2.98. The van der Waals surface area contributed by atoms with Gasteiger partial charge in [0.25, 0.3) is 0 Å². The van der Waals surface area contributed by atoms with Crippen LogP contribution in [0.3, 0.4) is 0 Å². The Bertz CT molecular complexity index is 202. The van der Waals surface area contributed by atoms with Crippen LogP contribution >= 0.6 is 0 Å². The third-order valence-electron chi connectivity index (χ3n) is 3.03. The Kier molecular flexibility index (Phi) is 3.53. The van der Waals surface area contributed by atoms with Gasteiger partial charge in [0.15, 0.2) is 0 Å². The number of carbonyl (C=O) groups excluding carboxylic acids is 1. The van der Waals surface area contributed by atoms with Gasteiger partial charge in [-0.15, -0.1) is 0 Å². The summed E-state index contributed by atoms with van der Waals surface area (Å²) in [5.74, 6) is 0.157. The Morgan fingerprint density at radius 3 is 2.57 bits per heavy atom. The molecule has 14 heavy (non-hydrogen) atoms. The molecule has 0 aromatic rings.